The maximum Gasteiger partial charge on any atom is 0.214 e. The third kappa shape index (κ3) is 6.54. The monoisotopic (exact) mass is 415 g/mol. The third-order valence-corrected chi connectivity index (χ3v) is 6.97. The highest BCUT2D eigenvalue weighted by Gasteiger charge is 2.25. The number of aromatic nitrogens is 1. The van der Waals surface area contributed by atoms with Gasteiger partial charge in [-0.25, -0.2) is 8.42 Å². The second-order valence-electron chi connectivity index (χ2n) is 7.25. The number of nitrogens with one attached hydrogen (secondary N) is 3. The van der Waals surface area contributed by atoms with E-state index in [1.54, 1.807) is 28.8 Å². The molecule has 1 aliphatic rings. The summed E-state index contributed by atoms with van der Waals surface area (Å²) in [4.78, 5) is 3.94. The van der Waals surface area contributed by atoms with Crippen LogP contribution in [-0.4, -0.2) is 42.5 Å². The number of hydrogen-bond donors (Lipinski definition) is 3. The van der Waals surface area contributed by atoms with Crippen LogP contribution in [0.25, 0.3) is 0 Å². The van der Waals surface area contributed by atoms with Crippen LogP contribution in [0.5, 0.6) is 0 Å². The van der Waals surface area contributed by atoms with Crippen molar-refractivity contribution in [2.45, 2.75) is 38.6 Å². The number of sulfonamides is 1. The van der Waals surface area contributed by atoms with Gasteiger partial charge in [0, 0.05) is 37.7 Å². The first-order valence-corrected chi connectivity index (χ1v) is 11.7. The molecule has 2 aromatic rings. The summed E-state index contributed by atoms with van der Waals surface area (Å²) in [7, 11) is -3.20. The van der Waals surface area contributed by atoms with E-state index in [1.807, 2.05) is 18.2 Å². The Morgan fingerprint density at radius 2 is 1.76 bits per heavy atom. The Morgan fingerprint density at radius 3 is 2.55 bits per heavy atom. The van der Waals surface area contributed by atoms with Crippen LogP contribution in [0.2, 0.25) is 0 Å². The molecule has 7 nitrogen and oxygen atoms in total. The quantitative estimate of drug-likeness (QED) is 0.332. The van der Waals surface area contributed by atoms with Crippen molar-refractivity contribution in [3.63, 3.8) is 0 Å². The molecule has 1 aliphatic heterocycles. The number of benzene rings is 1. The molecular formula is C21H29N5O2S. The largest absolute Gasteiger partial charge is 0.356 e. The predicted octanol–water partition coefficient (Wildman–Crippen LogP) is 2.97. The van der Waals surface area contributed by atoms with E-state index in [0.29, 0.717) is 26.1 Å². The molecule has 2 heterocycles. The number of fused-ring (bicyclic) bond motifs is 1. The van der Waals surface area contributed by atoms with E-state index >= 15 is 0 Å². The van der Waals surface area contributed by atoms with Gasteiger partial charge in [-0.2, -0.15) is 4.31 Å². The summed E-state index contributed by atoms with van der Waals surface area (Å²) >= 11 is 0. The molecule has 0 atom stereocenters. The summed E-state index contributed by atoms with van der Waals surface area (Å²) in [5, 5.41) is 13.8. The van der Waals surface area contributed by atoms with Crippen molar-refractivity contribution in [1.29, 1.82) is 5.41 Å². The van der Waals surface area contributed by atoms with Gasteiger partial charge in [0.05, 0.1) is 5.75 Å². The van der Waals surface area contributed by atoms with E-state index in [0.717, 1.165) is 36.9 Å². The van der Waals surface area contributed by atoms with Gasteiger partial charge in [0.2, 0.25) is 10.0 Å². The average molecular weight is 416 g/mol. The predicted molar refractivity (Wildman–Crippen MR) is 116 cm³/mol. The second-order valence-corrected chi connectivity index (χ2v) is 9.33. The van der Waals surface area contributed by atoms with Crippen LogP contribution in [-0.2, 0) is 23.0 Å². The first-order valence-electron chi connectivity index (χ1n) is 10.1. The molecule has 0 bridgehead atoms. The molecule has 0 amide bonds. The molecule has 29 heavy (non-hydrogen) atoms. The van der Waals surface area contributed by atoms with Crippen LogP contribution in [0.15, 0.2) is 48.8 Å². The Kier molecular flexibility index (Phi) is 7.60. The minimum absolute atomic E-state index is 0.210. The highest BCUT2D eigenvalue weighted by Crippen LogP contribution is 2.21. The van der Waals surface area contributed by atoms with E-state index in [1.165, 1.54) is 5.56 Å². The van der Waals surface area contributed by atoms with Gasteiger partial charge in [-0.05, 0) is 42.5 Å². The van der Waals surface area contributed by atoms with Crippen molar-refractivity contribution in [1.82, 2.24) is 14.6 Å². The lowest BCUT2D eigenvalue weighted by atomic mass is 10.0. The fourth-order valence-electron chi connectivity index (χ4n) is 3.44. The second kappa shape index (κ2) is 10.4. The standard InChI is InChI=1S/C21H29N5O2S/c22-21(25-20-9-13-23-14-10-20)24-12-5-1-2-6-16-29(27,28)26-15-11-18-7-3-4-8-19(18)17-26/h3-4,7-10,13-14H,1-2,5-6,11-12,15-17H2,(H3,22,23,24,25). The first kappa shape index (κ1) is 21.3. The zero-order valence-corrected chi connectivity index (χ0v) is 17.4. The number of rotatable bonds is 9. The lowest BCUT2D eigenvalue weighted by Crippen LogP contribution is -2.37. The van der Waals surface area contributed by atoms with Gasteiger partial charge in [-0.1, -0.05) is 37.1 Å². The number of hydrogen-bond acceptors (Lipinski definition) is 4. The van der Waals surface area contributed by atoms with Gasteiger partial charge in [-0.15, -0.1) is 0 Å². The lowest BCUT2D eigenvalue weighted by Gasteiger charge is -2.28. The van der Waals surface area contributed by atoms with Crippen molar-refractivity contribution in [2.24, 2.45) is 0 Å². The van der Waals surface area contributed by atoms with Gasteiger partial charge in [0.15, 0.2) is 5.96 Å². The molecule has 0 fully saturated rings. The van der Waals surface area contributed by atoms with Crippen LogP contribution < -0.4 is 10.6 Å². The topological polar surface area (TPSA) is 98.2 Å². The average Bonchev–Trinajstić information content (AvgIpc) is 2.73. The van der Waals surface area contributed by atoms with Gasteiger partial charge in [-0.3, -0.25) is 10.4 Å². The zero-order chi connectivity index (χ0) is 20.5. The number of guanidine groups is 1. The Balaban J connectivity index is 1.29. The summed E-state index contributed by atoms with van der Waals surface area (Å²) in [6.45, 7) is 1.76. The van der Waals surface area contributed by atoms with E-state index in [9.17, 15) is 8.42 Å². The lowest BCUT2D eigenvalue weighted by molar-refractivity contribution is 0.390. The van der Waals surface area contributed by atoms with Crippen molar-refractivity contribution < 1.29 is 8.42 Å². The first-order chi connectivity index (χ1) is 14.0. The van der Waals surface area contributed by atoms with Crippen LogP contribution in [0.3, 0.4) is 0 Å². The van der Waals surface area contributed by atoms with Crippen molar-refractivity contribution in [3.05, 3.63) is 59.9 Å². The van der Waals surface area contributed by atoms with Crippen molar-refractivity contribution >= 4 is 21.7 Å². The summed E-state index contributed by atoms with van der Waals surface area (Å²) in [6.07, 6.45) is 7.52. The SMILES string of the molecule is N=C(NCCCCCCS(=O)(=O)N1CCc2ccccc2C1)Nc1ccncc1. The molecule has 0 spiro atoms. The van der Waals surface area contributed by atoms with Crippen molar-refractivity contribution in [3.8, 4) is 0 Å². The molecule has 0 saturated carbocycles. The minimum atomic E-state index is -3.20. The Hall–Kier alpha value is -2.45. The zero-order valence-electron chi connectivity index (χ0n) is 16.6. The fraction of sp³-hybridized carbons (Fsp3) is 0.429. The maximum absolute atomic E-state index is 12.6. The molecule has 3 rings (SSSR count). The minimum Gasteiger partial charge on any atom is -0.356 e. The molecule has 0 saturated heterocycles. The third-order valence-electron chi connectivity index (χ3n) is 5.07. The highest BCUT2D eigenvalue weighted by atomic mass is 32.2. The summed E-state index contributed by atoms with van der Waals surface area (Å²) in [5.41, 5.74) is 3.20. The number of unbranched alkanes of at least 4 members (excludes halogenated alkanes) is 3. The van der Waals surface area contributed by atoms with Gasteiger partial charge in [0.1, 0.15) is 0 Å². The Bertz CT molecular complexity index is 902. The van der Waals surface area contributed by atoms with E-state index in [-0.39, 0.29) is 11.7 Å². The number of nitrogens with zero attached hydrogens (tertiary/aromatic N) is 2. The summed E-state index contributed by atoms with van der Waals surface area (Å²) in [6, 6.07) is 11.7. The molecule has 0 radical (unpaired) electrons. The van der Waals surface area contributed by atoms with Gasteiger partial charge in [0.25, 0.3) is 0 Å². The Labute approximate surface area is 173 Å². The fourth-order valence-corrected chi connectivity index (χ4v) is 4.97. The molecule has 0 unspecified atom stereocenters. The molecule has 1 aromatic carbocycles. The van der Waals surface area contributed by atoms with Gasteiger partial charge < -0.3 is 10.6 Å². The van der Waals surface area contributed by atoms with Crippen LogP contribution in [0.4, 0.5) is 5.69 Å². The van der Waals surface area contributed by atoms with E-state index in [4.69, 9.17) is 5.41 Å². The normalized spacial score (nSPS) is 14.2. The number of pyridine rings is 1. The van der Waals surface area contributed by atoms with Crippen LogP contribution >= 0.6 is 0 Å². The van der Waals surface area contributed by atoms with Crippen LogP contribution in [0.1, 0.15) is 36.8 Å². The maximum atomic E-state index is 12.6. The van der Waals surface area contributed by atoms with E-state index in [2.05, 4.69) is 21.7 Å². The van der Waals surface area contributed by atoms with Crippen LogP contribution in [0, 0.1) is 5.41 Å². The molecule has 156 valence electrons. The molecule has 0 aliphatic carbocycles. The summed E-state index contributed by atoms with van der Waals surface area (Å²) in [5.74, 6) is 0.464. The molecule has 1 aromatic heterocycles. The molecule has 8 heteroatoms. The number of anilines is 1. The van der Waals surface area contributed by atoms with Crippen molar-refractivity contribution in [2.75, 3.05) is 24.2 Å². The molecule has 3 N–H and O–H groups in total. The molecular weight excluding hydrogens is 386 g/mol. The highest BCUT2D eigenvalue weighted by molar-refractivity contribution is 7.89. The van der Waals surface area contributed by atoms with Gasteiger partial charge >= 0.3 is 0 Å². The summed E-state index contributed by atoms with van der Waals surface area (Å²) < 4.78 is 26.9. The Morgan fingerprint density at radius 1 is 1.03 bits per heavy atom. The van der Waals surface area contributed by atoms with E-state index < -0.39 is 10.0 Å². The smallest absolute Gasteiger partial charge is 0.214 e.